The molecule has 130 valence electrons. The maximum Gasteiger partial charge on any atom is 0.220 e. The summed E-state index contributed by atoms with van der Waals surface area (Å²) in [6.07, 6.45) is 7.03. The van der Waals surface area contributed by atoms with Gasteiger partial charge in [0.25, 0.3) is 0 Å². The number of thiazole rings is 1. The Morgan fingerprint density at radius 1 is 1.24 bits per heavy atom. The van der Waals surface area contributed by atoms with Crippen LogP contribution in [0.3, 0.4) is 0 Å². The molecule has 0 unspecified atom stereocenters. The van der Waals surface area contributed by atoms with Gasteiger partial charge in [-0.15, -0.1) is 11.3 Å². The van der Waals surface area contributed by atoms with E-state index in [9.17, 15) is 4.79 Å². The molecule has 2 aromatic heterocycles. The molecule has 0 aliphatic carbocycles. The van der Waals surface area contributed by atoms with Crippen LogP contribution in [0.25, 0.3) is 0 Å². The highest BCUT2D eigenvalue weighted by atomic mass is 35.5. The molecule has 1 amide bonds. The number of rotatable bonds is 8. The number of nitrogens with zero attached hydrogens (tertiary/aromatic N) is 2. The third-order valence-corrected chi connectivity index (χ3v) is 5.11. The van der Waals surface area contributed by atoms with Crippen LogP contribution in [0, 0.1) is 0 Å². The van der Waals surface area contributed by atoms with Crippen molar-refractivity contribution in [1.82, 2.24) is 14.9 Å². The van der Waals surface area contributed by atoms with Crippen LogP contribution in [0.1, 0.15) is 22.9 Å². The quantitative estimate of drug-likeness (QED) is 0.645. The van der Waals surface area contributed by atoms with E-state index in [1.54, 1.807) is 17.5 Å². The first-order valence-electron chi connectivity index (χ1n) is 8.22. The number of amides is 1. The van der Waals surface area contributed by atoms with E-state index in [1.165, 1.54) is 0 Å². The Hall–Kier alpha value is -2.11. The van der Waals surface area contributed by atoms with Crippen molar-refractivity contribution in [2.24, 2.45) is 0 Å². The van der Waals surface area contributed by atoms with E-state index in [0.29, 0.717) is 18.0 Å². The smallest absolute Gasteiger partial charge is 0.220 e. The molecule has 3 rings (SSSR count). The van der Waals surface area contributed by atoms with Gasteiger partial charge in [-0.2, -0.15) is 0 Å². The van der Waals surface area contributed by atoms with Gasteiger partial charge in [0.1, 0.15) is 0 Å². The average Bonchev–Trinajstić information content (AvgIpc) is 3.29. The van der Waals surface area contributed by atoms with Gasteiger partial charge in [-0.3, -0.25) is 4.79 Å². The number of halogens is 1. The first-order valence-corrected chi connectivity index (χ1v) is 9.48. The van der Waals surface area contributed by atoms with Crippen molar-refractivity contribution in [2.45, 2.75) is 25.3 Å². The lowest BCUT2D eigenvalue weighted by Crippen LogP contribution is -2.28. The number of nitrogens with one attached hydrogen (secondary N) is 1. The maximum absolute atomic E-state index is 12.4. The van der Waals surface area contributed by atoms with Crippen LogP contribution in [0.5, 0.6) is 0 Å². The Balaban J connectivity index is 1.60. The lowest BCUT2D eigenvalue weighted by Gasteiger charge is -2.18. The van der Waals surface area contributed by atoms with Crippen LogP contribution in [0.4, 0.5) is 0 Å². The molecule has 4 nitrogen and oxygen atoms in total. The van der Waals surface area contributed by atoms with E-state index >= 15 is 0 Å². The standard InChI is InChI=1S/C19H20ClN3OS/c20-17-5-3-15(4-6-17)16(14-23-10-1-2-11-23)13-18(24)21-8-7-19-22-9-12-25-19/h1-6,9-12,16H,7-8,13-14H2,(H,21,24)/t16-/m0/s1. The molecule has 0 saturated heterocycles. The second-order valence-corrected chi connectivity index (χ2v) is 7.27. The van der Waals surface area contributed by atoms with Crippen LogP contribution < -0.4 is 5.32 Å². The Morgan fingerprint density at radius 3 is 2.68 bits per heavy atom. The predicted octanol–water partition coefficient (Wildman–Crippen LogP) is 4.13. The van der Waals surface area contributed by atoms with E-state index in [-0.39, 0.29) is 11.8 Å². The SMILES string of the molecule is O=C(C[C@@H](Cn1cccc1)c1ccc(Cl)cc1)NCCc1nccs1. The fourth-order valence-electron chi connectivity index (χ4n) is 2.75. The number of benzene rings is 1. The lowest BCUT2D eigenvalue weighted by molar-refractivity contribution is -0.121. The monoisotopic (exact) mass is 373 g/mol. The molecule has 1 N–H and O–H groups in total. The molecule has 0 radical (unpaired) electrons. The topological polar surface area (TPSA) is 46.9 Å². The molecular weight excluding hydrogens is 354 g/mol. The average molecular weight is 374 g/mol. The molecule has 1 aromatic carbocycles. The molecule has 3 aromatic rings. The van der Waals surface area contributed by atoms with Crippen LogP contribution in [-0.4, -0.2) is 22.0 Å². The zero-order valence-electron chi connectivity index (χ0n) is 13.8. The Morgan fingerprint density at radius 2 is 2.00 bits per heavy atom. The number of hydrogen-bond donors (Lipinski definition) is 1. The van der Waals surface area contributed by atoms with Gasteiger partial charge >= 0.3 is 0 Å². The van der Waals surface area contributed by atoms with E-state index < -0.39 is 0 Å². The minimum Gasteiger partial charge on any atom is -0.356 e. The van der Waals surface area contributed by atoms with Gasteiger partial charge in [0.2, 0.25) is 5.91 Å². The number of carbonyl (C=O) groups excluding carboxylic acids is 1. The third-order valence-electron chi connectivity index (χ3n) is 4.02. The van der Waals surface area contributed by atoms with E-state index in [4.69, 9.17) is 11.6 Å². The first kappa shape index (κ1) is 17.7. The fraction of sp³-hybridized carbons (Fsp3) is 0.263. The Bertz CT molecular complexity index is 770. The van der Waals surface area contributed by atoms with Gasteiger partial charge in [-0.25, -0.2) is 4.98 Å². The lowest BCUT2D eigenvalue weighted by atomic mass is 9.95. The molecule has 0 aliphatic heterocycles. The second-order valence-electron chi connectivity index (χ2n) is 5.86. The molecule has 0 saturated carbocycles. The summed E-state index contributed by atoms with van der Waals surface area (Å²) in [7, 11) is 0. The summed E-state index contributed by atoms with van der Waals surface area (Å²) in [5.74, 6) is 0.160. The van der Waals surface area contributed by atoms with Crippen LogP contribution in [0.2, 0.25) is 5.02 Å². The normalized spacial score (nSPS) is 12.0. The minimum atomic E-state index is 0.0589. The molecule has 2 heterocycles. The van der Waals surface area contributed by atoms with E-state index in [2.05, 4.69) is 14.9 Å². The number of carbonyl (C=O) groups is 1. The second kappa shape index (κ2) is 8.83. The largest absolute Gasteiger partial charge is 0.356 e. The van der Waals surface area contributed by atoms with Gasteiger partial charge in [-0.05, 0) is 29.8 Å². The Labute approximate surface area is 156 Å². The van der Waals surface area contributed by atoms with E-state index in [0.717, 1.165) is 23.5 Å². The van der Waals surface area contributed by atoms with Gasteiger partial charge in [0, 0.05) is 60.8 Å². The zero-order chi connectivity index (χ0) is 17.5. The van der Waals surface area contributed by atoms with Gasteiger partial charge in [0.05, 0.1) is 5.01 Å². The Kier molecular flexibility index (Phi) is 6.25. The summed E-state index contributed by atoms with van der Waals surface area (Å²) >= 11 is 7.60. The van der Waals surface area contributed by atoms with Crippen molar-refractivity contribution in [2.75, 3.05) is 6.54 Å². The van der Waals surface area contributed by atoms with Gasteiger partial charge in [-0.1, -0.05) is 23.7 Å². The maximum atomic E-state index is 12.4. The zero-order valence-corrected chi connectivity index (χ0v) is 15.3. The number of aromatic nitrogens is 2. The molecule has 0 aliphatic rings. The van der Waals surface area contributed by atoms with Crippen molar-refractivity contribution < 1.29 is 4.79 Å². The molecule has 0 spiro atoms. The van der Waals surface area contributed by atoms with E-state index in [1.807, 2.05) is 54.2 Å². The summed E-state index contributed by atoms with van der Waals surface area (Å²) in [6.45, 7) is 1.37. The highest BCUT2D eigenvalue weighted by molar-refractivity contribution is 7.09. The highest BCUT2D eigenvalue weighted by Gasteiger charge is 2.16. The number of hydrogen-bond acceptors (Lipinski definition) is 3. The van der Waals surface area contributed by atoms with Crippen molar-refractivity contribution >= 4 is 28.8 Å². The molecule has 0 bridgehead atoms. The summed E-state index contributed by atoms with van der Waals surface area (Å²) < 4.78 is 2.10. The van der Waals surface area contributed by atoms with Crippen molar-refractivity contribution in [3.8, 4) is 0 Å². The predicted molar refractivity (Wildman–Crippen MR) is 102 cm³/mol. The van der Waals surface area contributed by atoms with Crippen LogP contribution >= 0.6 is 22.9 Å². The summed E-state index contributed by atoms with van der Waals surface area (Å²) in [4.78, 5) is 16.6. The molecule has 0 fully saturated rings. The molecule has 1 atom stereocenters. The van der Waals surface area contributed by atoms with Crippen LogP contribution in [0.15, 0.2) is 60.4 Å². The van der Waals surface area contributed by atoms with Crippen molar-refractivity contribution in [1.29, 1.82) is 0 Å². The summed E-state index contributed by atoms with van der Waals surface area (Å²) in [6, 6.07) is 11.7. The highest BCUT2D eigenvalue weighted by Crippen LogP contribution is 2.24. The third kappa shape index (κ3) is 5.44. The van der Waals surface area contributed by atoms with Gasteiger partial charge < -0.3 is 9.88 Å². The van der Waals surface area contributed by atoms with Crippen molar-refractivity contribution in [3.63, 3.8) is 0 Å². The first-order chi connectivity index (χ1) is 12.2. The molecule has 25 heavy (non-hydrogen) atoms. The van der Waals surface area contributed by atoms with Crippen molar-refractivity contribution in [3.05, 3.63) is 76.0 Å². The molecule has 6 heteroatoms. The summed E-state index contributed by atoms with van der Waals surface area (Å²) in [5, 5.41) is 6.70. The van der Waals surface area contributed by atoms with Gasteiger partial charge in [0.15, 0.2) is 0 Å². The van der Waals surface area contributed by atoms with Crippen LogP contribution in [-0.2, 0) is 17.8 Å². The molecular formula is C19H20ClN3OS. The summed E-state index contributed by atoms with van der Waals surface area (Å²) in [5.41, 5.74) is 1.12. The fourth-order valence-corrected chi connectivity index (χ4v) is 3.50. The minimum absolute atomic E-state index is 0.0589.